The number of nitrogens with one attached hydrogen (secondary N) is 1. The summed E-state index contributed by atoms with van der Waals surface area (Å²) in [4.78, 5) is 14.6. The molecule has 1 aliphatic heterocycles. The molecule has 1 N–H and O–H groups in total. The molecule has 0 spiro atoms. The van der Waals surface area contributed by atoms with Crippen LogP contribution in [0.15, 0.2) is 34.2 Å². The second-order valence-corrected chi connectivity index (χ2v) is 4.93. The van der Waals surface area contributed by atoms with Crippen LogP contribution in [0.1, 0.15) is 13.8 Å². The average Bonchev–Trinajstić information content (AvgIpc) is 2.63. The Labute approximate surface area is 106 Å². The van der Waals surface area contributed by atoms with Gasteiger partial charge in [-0.2, -0.15) is 0 Å². The SMILES string of the molecule is CCN1/C(=C/C(C)=O)Sc2ccc(NC)cc21. The molecule has 0 radical (unpaired) electrons. The molecule has 0 saturated heterocycles. The zero-order valence-corrected chi connectivity index (χ0v) is 11.1. The minimum absolute atomic E-state index is 0.0904. The highest BCUT2D eigenvalue weighted by molar-refractivity contribution is 8.03. The molecule has 0 aliphatic carbocycles. The van der Waals surface area contributed by atoms with Crippen molar-refractivity contribution in [3.8, 4) is 0 Å². The van der Waals surface area contributed by atoms with Gasteiger partial charge in [0.1, 0.15) is 0 Å². The first-order valence-electron chi connectivity index (χ1n) is 5.65. The molecule has 17 heavy (non-hydrogen) atoms. The lowest BCUT2D eigenvalue weighted by Crippen LogP contribution is -2.17. The van der Waals surface area contributed by atoms with Crippen LogP contribution in [0.2, 0.25) is 0 Å². The lowest BCUT2D eigenvalue weighted by molar-refractivity contribution is -0.112. The van der Waals surface area contributed by atoms with Crippen LogP contribution in [0, 0.1) is 0 Å². The normalized spacial score (nSPS) is 16.2. The van der Waals surface area contributed by atoms with Crippen molar-refractivity contribution >= 4 is 28.9 Å². The van der Waals surface area contributed by atoms with Gasteiger partial charge in [0, 0.05) is 30.3 Å². The maximum atomic E-state index is 11.2. The predicted octanol–water partition coefficient (Wildman–Crippen LogP) is 3.09. The number of fused-ring (bicyclic) bond motifs is 1. The number of ketones is 1. The molecular formula is C13H16N2OS. The fourth-order valence-electron chi connectivity index (χ4n) is 1.86. The summed E-state index contributed by atoms with van der Waals surface area (Å²) in [5, 5.41) is 4.15. The Kier molecular flexibility index (Phi) is 3.43. The molecule has 3 nitrogen and oxygen atoms in total. The van der Waals surface area contributed by atoms with E-state index in [-0.39, 0.29) is 5.78 Å². The number of allylic oxidation sites excluding steroid dienone is 1. The molecule has 4 heteroatoms. The van der Waals surface area contributed by atoms with Crippen LogP contribution in [-0.2, 0) is 4.79 Å². The molecule has 0 saturated carbocycles. The summed E-state index contributed by atoms with van der Waals surface area (Å²) in [6, 6.07) is 6.26. The predicted molar refractivity (Wildman–Crippen MR) is 73.6 cm³/mol. The molecule has 1 aromatic rings. The second kappa shape index (κ2) is 4.84. The third-order valence-corrected chi connectivity index (χ3v) is 3.77. The lowest BCUT2D eigenvalue weighted by Gasteiger charge is -2.18. The van der Waals surface area contributed by atoms with E-state index in [9.17, 15) is 4.79 Å². The Hall–Kier alpha value is -1.42. The molecule has 90 valence electrons. The molecule has 0 fully saturated rings. The number of nitrogens with zero attached hydrogens (tertiary/aromatic N) is 1. The molecule has 1 aromatic carbocycles. The first-order valence-corrected chi connectivity index (χ1v) is 6.46. The molecule has 0 unspecified atom stereocenters. The minimum Gasteiger partial charge on any atom is -0.388 e. The Morgan fingerprint density at radius 3 is 2.88 bits per heavy atom. The van der Waals surface area contributed by atoms with E-state index in [0.717, 1.165) is 17.3 Å². The molecule has 0 atom stereocenters. The molecular weight excluding hydrogens is 232 g/mol. The smallest absolute Gasteiger partial charge is 0.155 e. The zero-order chi connectivity index (χ0) is 12.4. The first-order chi connectivity index (χ1) is 8.15. The van der Waals surface area contributed by atoms with Crippen LogP contribution in [0.5, 0.6) is 0 Å². The van der Waals surface area contributed by atoms with Crippen molar-refractivity contribution in [2.24, 2.45) is 0 Å². The van der Waals surface area contributed by atoms with Crippen LogP contribution < -0.4 is 10.2 Å². The zero-order valence-electron chi connectivity index (χ0n) is 10.3. The quantitative estimate of drug-likeness (QED) is 0.833. The standard InChI is InChI=1S/C13H16N2OS/c1-4-15-11-8-10(14-3)5-6-12(11)17-13(15)7-9(2)16/h5-8,14H,4H2,1-3H3/b13-7-. The fraction of sp³-hybridized carbons (Fsp3) is 0.308. The van der Waals surface area contributed by atoms with Crippen molar-refractivity contribution < 1.29 is 4.79 Å². The van der Waals surface area contributed by atoms with Crippen LogP contribution in [0.4, 0.5) is 11.4 Å². The Balaban J connectivity index is 2.42. The fourth-order valence-corrected chi connectivity index (χ4v) is 3.06. The van der Waals surface area contributed by atoms with Crippen LogP contribution in [0.25, 0.3) is 0 Å². The van der Waals surface area contributed by atoms with E-state index in [2.05, 4.69) is 35.3 Å². The number of rotatable bonds is 3. The van der Waals surface area contributed by atoms with Gasteiger partial charge in [-0.05, 0) is 32.0 Å². The summed E-state index contributed by atoms with van der Waals surface area (Å²) in [5.74, 6) is 0.0904. The van der Waals surface area contributed by atoms with Gasteiger partial charge >= 0.3 is 0 Å². The van der Waals surface area contributed by atoms with Gasteiger partial charge in [-0.15, -0.1) is 0 Å². The van der Waals surface area contributed by atoms with Crippen molar-refractivity contribution in [3.05, 3.63) is 29.3 Å². The first kappa shape index (κ1) is 12.0. The minimum atomic E-state index is 0.0904. The highest BCUT2D eigenvalue weighted by Gasteiger charge is 2.24. The third-order valence-electron chi connectivity index (χ3n) is 2.66. The number of thioether (sulfide) groups is 1. The Morgan fingerprint density at radius 1 is 1.53 bits per heavy atom. The highest BCUT2D eigenvalue weighted by atomic mass is 32.2. The van der Waals surface area contributed by atoms with Gasteiger partial charge in [-0.25, -0.2) is 0 Å². The van der Waals surface area contributed by atoms with Crippen LogP contribution >= 0.6 is 11.8 Å². The van der Waals surface area contributed by atoms with Gasteiger partial charge < -0.3 is 10.2 Å². The summed E-state index contributed by atoms with van der Waals surface area (Å²) >= 11 is 1.65. The van der Waals surface area contributed by atoms with Crippen LogP contribution in [0.3, 0.4) is 0 Å². The molecule has 1 heterocycles. The summed E-state index contributed by atoms with van der Waals surface area (Å²) in [7, 11) is 1.91. The van der Waals surface area contributed by atoms with E-state index in [0.29, 0.717) is 0 Å². The maximum Gasteiger partial charge on any atom is 0.155 e. The molecule has 2 rings (SSSR count). The highest BCUT2D eigenvalue weighted by Crippen LogP contribution is 2.46. The third kappa shape index (κ3) is 2.31. The monoisotopic (exact) mass is 248 g/mol. The van der Waals surface area contributed by atoms with E-state index in [1.165, 1.54) is 10.6 Å². The number of hydrogen-bond acceptors (Lipinski definition) is 4. The summed E-state index contributed by atoms with van der Waals surface area (Å²) in [6.07, 6.45) is 1.70. The van der Waals surface area contributed by atoms with Crippen molar-refractivity contribution in [1.82, 2.24) is 0 Å². The topological polar surface area (TPSA) is 32.3 Å². The van der Waals surface area contributed by atoms with Crippen LogP contribution in [-0.4, -0.2) is 19.4 Å². The second-order valence-electron chi connectivity index (χ2n) is 3.87. The molecule has 0 amide bonds. The summed E-state index contributed by atoms with van der Waals surface area (Å²) in [6.45, 7) is 4.55. The number of benzene rings is 1. The molecule has 0 bridgehead atoms. The summed E-state index contributed by atoms with van der Waals surface area (Å²) in [5.41, 5.74) is 2.27. The number of anilines is 2. The summed E-state index contributed by atoms with van der Waals surface area (Å²) < 4.78 is 0. The van der Waals surface area contributed by atoms with E-state index in [1.807, 2.05) is 7.05 Å². The van der Waals surface area contributed by atoms with Gasteiger partial charge in [-0.3, -0.25) is 4.79 Å². The number of hydrogen-bond donors (Lipinski definition) is 1. The van der Waals surface area contributed by atoms with Crippen molar-refractivity contribution in [3.63, 3.8) is 0 Å². The van der Waals surface area contributed by atoms with Gasteiger partial charge in [0.15, 0.2) is 5.78 Å². The Morgan fingerprint density at radius 2 is 2.29 bits per heavy atom. The Bertz CT molecular complexity index is 482. The molecule has 0 aromatic heterocycles. The average molecular weight is 248 g/mol. The van der Waals surface area contributed by atoms with Crippen molar-refractivity contribution in [1.29, 1.82) is 0 Å². The van der Waals surface area contributed by atoms with E-state index in [1.54, 1.807) is 24.8 Å². The van der Waals surface area contributed by atoms with Gasteiger partial charge in [0.05, 0.1) is 10.7 Å². The van der Waals surface area contributed by atoms with Gasteiger partial charge in [0.2, 0.25) is 0 Å². The number of carbonyl (C=O) groups is 1. The van der Waals surface area contributed by atoms with E-state index < -0.39 is 0 Å². The maximum absolute atomic E-state index is 11.2. The number of carbonyl (C=O) groups excluding carboxylic acids is 1. The van der Waals surface area contributed by atoms with Crippen molar-refractivity contribution in [2.75, 3.05) is 23.8 Å². The van der Waals surface area contributed by atoms with Gasteiger partial charge in [-0.1, -0.05) is 11.8 Å². The van der Waals surface area contributed by atoms with Crippen molar-refractivity contribution in [2.45, 2.75) is 18.7 Å². The lowest BCUT2D eigenvalue weighted by atomic mass is 10.2. The van der Waals surface area contributed by atoms with E-state index >= 15 is 0 Å². The molecule has 1 aliphatic rings. The van der Waals surface area contributed by atoms with E-state index in [4.69, 9.17) is 0 Å². The largest absolute Gasteiger partial charge is 0.388 e. The van der Waals surface area contributed by atoms with Gasteiger partial charge in [0.25, 0.3) is 0 Å².